The van der Waals surface area contributed by atoms with Crippen LogP contribution in [-0.4, -0.2) is 21.1 Å². The highest BCUT2D eigenvalue weighted by Gasteiger charge is 2.24. The van der Waals surface area contributed by atoms with Crippen LogP contribution >= 0.6 is 11.6 Å². The van der Waals surface area contributed by atoms with Crippen molar-refractivity contribution >= 4 is 34.5 Å². The number of halogens is 1. The van der Waals surface area contributed by atoms with Crippen LogP contribution in [0.25, 0.3) is 17.1 Å². The molecule has 0 bridgehead atoms. The van der Waals surface area contributed by atoms with Gasteiger partial charge in [-0.1, -0.05) is 18.2 Å². The lowest BCUT2D eigenvalue weighted by molar-refractivity contribution is 0.0993. The summed E-state index contributed by atoms with van der Waals surface area (Å²) in [6, 6.07) is 7.46. The van der Waals surface area contributed by atoms with Crippen molar-refractivity contribution in [2.75, 3.05) is 0 Å². The van der Waals surface area contributed by atoms with Crippen LogP contribution in [-0.2, 0) is 0 Å². The topological polar surface area (TPSA) is 42.9 Å². The van der Waals surface area contributed by atoms with Gasteiger partial charge in [0, 0.05) is 0 Å². The van der Waals surface area contributed by atoms with Crippen molar-refractivity contribution in [2.45, 2.75) is 5.38 Å². The van der Waals surface area contributed by atoms with E-state index in [9.17, 15) is 4.79 Å². The van der Waals surface area contributed by atoms with Crippen molar-refractivity contribution in [2.24, 2.45) is 0 Å². The van der Waals surface area contributed by atoms with Gasteiger partial charge in [0.05, 0.1) is 16.7 Å². The van der Waals surface area contributed by atoms with Crippen LogP contribution in [0.1, 0.15) is 16.2 Å². The van der Waals surface area contributed by atoms with Crippen molar-refractivity contribution < 1.29 is 4.79 Å². The number of carbonyl (C=O) groups excluding carboxylic acids is 1. The van der Waals surface area contributed by atoms with Crippen molar-refractivity contribution in [3.8, 4) is 0 Å². The number of fused-ring (bicyclic) bond motifs is 2. The molecule has 1 aliphatic carbocycles. The van der Waals surface area contributed by atoms with Gasteiger partial charge in [-0.05, 0) is 18.2 Å². The maximum atomic E-state index is 11.8. The molecule has 0 radical (unpaired) electrons. The first-order chi connectivity index (χ1) is 7.75. The van der Waals surface area contributed by atoms with E-state index in [0.717, 1.165) is 5.52 Å². The summed E-state index contributed by atoms with van der Waals surface area (Å²) in [5.74, 6) is -0.183. The molecule has 0 amide bonds. The number of benzene rings is 1. The average Bonchev–Trinajstić information content (AvgIpc) is 2.32. The number of carbonyl (C=O) groups is 1. The second kappa shape index (κ2) is 3.39. The molecule has 3 rings (SSSR count). The Balaban J connectivity index is 2.33. The number of ketones is 1. The van der Waals surface area contributed by atoms with Gasteiger partial charge in [-0.15, -0.1) is 11.6 Å². The second-order valence-electron chi connectivity index (χ2n) is 3.57. The number of hydrogen-bond donors (Lipinski definition) is 0. The van der Waals surface area contributed by atoms with Crippen molar-refractivity contribution in [3.05, 3.63) is 41.7 Å². The first-order valence-corrected chi connectivity index (χ1v) is 5.32. The summed E-state index contributed by atoms with van der Waals surface area (Å²) in [5, 5.41) is -0.622. The van der Waals surface area contributed by atoms with Gasteiger partial charge in [-0.2, -0.15) is 0 Å². The highest BCUT2D eigenvalue weighted by molar-refractivity contribution is 6.36. The lowest BCUT2D eigenvalue weighted by Crippen LogP contribution is -2.19. The fourth-order valence-corrected chi connectivity index (χ4v) is 1.88. The SMILES string of the molecule is O=C1c2nc3ccccc3nc2C=CC1Cl. The average molecular weight is 231 g/mol. The number of nitrogens with zero attached hydrogens (tertiary/aromatic N) is 2. The minimum absolute atomic E-state index is 0.183. The Labute approximate surface area is 96.8 Å². The standard InChI is InChI=1S/C12H7ClN2O/c13-7-5-6-10-11(12(7)16)15-9-4-2-1-3-8(9)14-10/h1-7H. The summed E-state index contributed by atoms with van der Waals surface area (Å²) in [4.78, 5) is 20.4. The van der Waals surface area contributed by atoms with Crippen LogP contribution < -0.4 is 0 Å². The molecule has 1 aliphatic rings. The van der Waals surface area contributed by atoms with E-state index in [-0.39, 0.29) is 5.78 Å². The number of aromatic nitrogens is 2. The van der Waals surface area contributed by atoms with Gasteiger partial charge in [-0.3, -0.25) is 4.79 Å². The summed E-state index contributed by atoms with van der Waals surface area (Å²) in [5.41, 5.74) is 2.46. The molecule has 4 heteroatoms. The van der Waals surface area contributed by atoms with E-state index in [1.165, 1.54) is 0 Å². The first kappa shape index (κ1) is 9.48. The molecule has 0 saturated carbocycles. The molecule has 78 valence electrons. The number of Topliss-reactive ketones (excluding diaryl/α,β-unsaturated/α-hetero) is 1. The maximum absolute atomic E-state index is 11.8. The summed E-state index contributed by atoms with van der Waals surface area (Å²) in [6.45, 7) is 0. The Morgan fingerprint density at radius 2 is 1.81 bits per heavy atom. The lowest BCUT2D eigenvalue weighted by atomic mass is 10.1. The molecule has 3 nitrogen and oxygen atoms in total. The molecule has 0 fully saturated rings. The van der Waals surface area contributed by atoms with Crippen molar-refractivity contribution in [1.82, 2.24) is 9.97 Å². The third kappa shape index (κ3) is 1.32. The van der Waals surface area contributed by atoms with E-state index in [1.54, 1.807) is 12.2 Å². The normalized spacial score (nSPS) is 18.8. The molecule has 1 aromatic heterocycles. The van der Waals surface area contributed by atoms with Crippen LogP contribution in [0.15, 0.2) is 30.3 Å². The second-order valence-corrected chi connectivity index (χ2v) is 4.04. The Kier molecular flexibility index (Phi) is 2.01. The van der Waals surface area contributed by atoms with E-state index in [2.05, 4.69) is 9.97 Å². The molecular weight excluding hydrogens is 224 g/mol. The number of allylic oxidation sites excluding steroid dienone is 1. The minimum Gasteiger partial charge on any atom is -0.290 e. The molecule has 0 aliphatic heterocycles. The van der Waals surface area contributed by atoms with E-state index in [1.807, 2.05) is 24.3 Å². The monoisotopic (exact) mass is 230 g/mol. The molecule has 0 N–H and O–H groups in total. The van der Waals surface area contributed by atoms with Crippen LogP contribution in [0.4, 0.5) is 0 Å². The molecule has 16 heavy (non-hydrogen) atoms. The largest absolute Gasteiger partial charge is 0.290 e. The Morgan fingerprint density at radius 3 is 2.56 bits per heavy atom. The number of para-hydroxylation sites is 2. The molecule has 1 atom stereocenters. The third-order valence-electron chi connectivity index (χ3n) is 2.50. The van der Waals surface area contributed by atoms with Gasteiger partial charge in [0.15, 0.2) is 0 Å². The van der Waals surface area contributed by atoms with Gasteiger partial charge in [0.25, 0.3) is 0 Å². The highest BCUT2D eigenvalue weighted by Crippen LogP contribution is 2.21. The van der Waals surface area contributed by atoms with E-state index >= 15 is 0 Å². The first-order valence-electron chi connectivity index (χ1n) is 4.89. The Bertz CT molecular complexity index is 621. The summed E-state index contributed by atoms with van der Waals surface area (Å²) in [7, 11) is 0. The quantitative estimate of drug-likeness (QED) is 0.653. The predicted octanol–water partition coefficient (Wildman–Crippen LogP) is 2.45. The zero-order chi connectivity index (χ0) is 11.1. The molecule has 0 spiro atoms. The van der Waals surface area contributed by atoms with E-state index in [4.69, 9.17) is 11.6 Å². The summed E-state index contributed by atoms with van der Waals surface area (Å²) in [6.07, 6.45) is 3.38. The van der Waals surface area contributed by atoms with Crippen molar-refractivity contribution in [1.29, 1.82) is 0 Å². The fourth-order valence-electron chi connectivity index (χ4n) is 1.70. The molecule has 1 heterocycles. The van der Waals surface area contributed by atoms with Crippen LogP contribution in [0.2, 0.25) is 0 Å². The molecule has 1 unspecified atom stereocenters. The minimum atomic E-state index is -0.622. The van der Waals surface area contributed by atoms with Crippen molar-refractivity contribution in [3.63, 3.8) is 0 Å². The third-order valence-corrected chi connectivity index (χ3v) is 2.85. The van der Waals surface area contributed by atoms with Crippen LogP contribution in [0.3, 0.4) is 0 Å². The number of hydrogen-bond acceptors (Lipinski definition) is 3. The maximum Gasteiger partial charge on any atom is 0.205 e. The predicted molar refractivity (Wildman–Crippen MR) is 62.5 cm³/mol. The fraction of sp³-hybridized carbons (Fsp3) is 0.0833. The Hall–Kier alpha value is -1.74. The van der Waals surface area contributed by atoms with Gasteiger partial charge in [0.1, 0.15) is 11.1 Å². The molecular formula is C12H7ClN2O. The summed E-state index contributed by atoms with van der Waals surface area (Å²) < 4.78 is 0. The van der Waals surface area contributed by atoms with Crippen LogP contribution in [0.5, 0.6) is 0 Å². The number of rotatable bonds is 0. The van der Waals surface area contributed by atoms with Gasteiger partial charge < -0.3 is 0 Å². The zero-order valence-corrected chi connectivity index (χ0v) is 8.98. The van der Waals surface area contributed by atoms with Gasteiger partial charge in [0.2, 0.25) is 5.78 Å². The zero-order valence-electron chi connectivity index (χ0n) is 8.22. The van der Waals surface area contributed by atoms with E-state index < -0.39 is 5.38 Å². The van der Waals surface area contributed by atoms with Crippen LogP contribution in [0, 0.1) is 0 Å². The van der Waals surface area contributed by atoms with Gasteiger partial charge in [-0.25, -0.2) is 9.97 Å². The molecule has 0 saturated heterocycles. The Morgan fingerprint density at radius 1 is 1.12 bits per heavy atom. The lowest BCUT2D eigenvalue weighted by Gasteiger charge is -2.12. The smallest absolute Gasteiger partial charge is 0.205 e. The molecule has 2 aromatic rings. The van der Waals surface area contributed by atoms with Gasteiger partial charge >= 0.3 is 0 Å². The van der Waals surface area contributed by atoms with E-state index in [0.29, 0.717) is 16.9 Å². The highest BCUT2D eigenvalue weighted by atomic mass is 35.5. The molecule has 1 aromatic carbocycles. The number of alkyl halides is 1. The summed E-state index contributed by atoms with van der Waals surface area (Å²) >= 11 is 5.84.